The first-order valence-electron chi connectivity index (χ1n) is 3.38. The average Bonchev–Trinajstić information content (AvgIpc) is 2.42. The molecule has 2 rings (SSSR count). The van der Waals surface area contributed by atoms with Gasteiger partial charge >= 0.3 is 0 Å². The molecule has 12 heavy (non-hydrogen) atoms. The summed E-state index contributed by atoms with van der Waals surface area (Å²) in [6.45, 7) is 2.06. The van der Waals surface area contributed by atoms with Gasteiger partial charge in [-0.2, -0.15) is 0 Å². The van der Waals surface area contributed by atoms with E-state index in [1.807, 2.05) is 0 Å². The molecule has 2 aromatic heterocycles. The number of aromatic nitrogens is 1. The van der Waals surface area contributed by atoms with Gasteiger partial charge < -0.3 is 0 Å². The lowest BCUT2D eigenvalue weighted by Gasteiger charge is -1.96. The van der Waals surface area contributed by atoms with Crippen molar-refractivity contribution in [3.8, 4) is 0 Å². The van der Waals surface area contributed by atoms with Gasteiger partial charge in [0.25, 0.3) is 0 Å². The molecule has 1 nitrogen and oxygen atoms in total. The van der Waals surface area contributed by atoms with E-state index < -0.39 is 0 Å². The zero-order chi connectivity index (χ0) is 8.72. The molecule has 0 unspecified atom stereocenters. The van der Waals surface area contributed by atoms with Gasteiger partial charge in [-0.25, -0.2) is 4.98 Å². The zero-order valence-corrected chi connectivity index (χ0v) is 10.00. The number of aryl methyl sites for hydroxylation is 1. The average molecular weight is 310 g/mol. The van der Waals surface area contributed by atoms with E-state index in [0.717, 1.165) is 5.39 Å². The molecule has 0 N–H and O–H groups in total. The molecule has 0 aliphatic rings. The Hall–Kier alpha value is 0.130. The van der Waals surface area contributed by atoms with E-state index in [2.05, 4.69) is 39.9 Å². The second-order valence-corrected chi connectivity index (χ2v) is 4.92. The van der Waals surface area contributed by atoms with E-state index in [4.69, 9.17) is 11.6 Å². The third kappa shape index (κ3) is 1.24. The summed E-state index contributed by atoms with van der Waals surface area (Å²) in [7, 11) is 0. The largest absolute Gasteiger partial charge is 0.243 e. The van der Waals surface area contributed by atoms with E-state index in [1.165, 1.54) is 13.8 Å². The van der Waals surface area contributed by atoms with Crippen LogP contribution < -0.4 is 0 Å². The van der Waals surface area contributed by atoms with Gasteiger partial charge in [0.05, 0.1) is 4.70 Å². The summed E-state index contributed by atoms with van der Waals surface area (Å²) in [4.78, 5) is 4.10. The van der Waals surface area contributed by atoms with Crippen molar-refractivity contribution in [1.29, 1.82) is 0 Å². The molecule has 0 aromatic carbocycles. The molecule has 0 amide bonds. The van der Waals surface area contributed by atoms with Crippen LogP contribution in [0.2, 0.25) is 5.15 Å². The fourth-order valence-electron chi connectivity index (χ4n) is 1.11. The Labute approximate surface area is 92.9 Å². The molecule has 0 atom stereocenters. The highest BCUT2D eigenvalue weighted by molar-refractivity contribution is 14.1. The summed E-state index contributed by atoms with van der Waals surface area (Å²) >= 11 is 9.97. The summed E-state index contributed by atoms with van der Waals surface area (Å²) in [5.74, 6) is 0. The minimum atomic E-state index is 0.615. The summed E-state index contributed by atoms with van der Waals surface area (Å²) in [5.41, 5.74) is 1.21. The maximum atomic E-state index is 5.97. The number of rotatable bonds is 0. The van der Waals surface area contributed by atoms with Crippen LogP contribution in [0.1, 0.15) is 5.56 Å². The lowest BCUT2D eigenvalue weighted by atomic mass is 10.2. The normalized spacial score (nSPS) is 10.9. The molecule has 2 aromatic rings. The Kier molecular flexibility index (Phi) is 2.27. The predicted octanol–water partition coefficient (Wildman–Crippen LogP) is 3.86. The Balaban J connectivity index is 2.98. The van der Waals surface area contributed by atoms with Crippen LogP contribution >= 0.6 is 45.5 Å². The van der Waals surface area contributed by atoms with Gasteiger partial charge in [-0.1, -0.05) is 11.6 Å². The SMILES string of the molecule is Cc1csc2c(I)cnc(Cl)c12. The number of halogens is 2. The van der Waals surface area contributed by atoms with E-state index >= 15 is 0 Å². The molecule has 0 spiro atoms. The Morgan fingerprint density at radius 1 is 1.58 bits per heavy atom. The Morgan fingerprint density at radius 3 is 3.00 bits per heavy atom. The molecule has 0 aliphatic heterocycles. The highest BCUT2D eigenvalue weighted by Crippen LogP contribution is 2.33. The van der Waals surface area contributed by atoms with Crippen molar-refractivity contribution in [2.75, 3.05) is 0 Å². The third-order valence-electron chi connectivity index (χ3n) is 1.69. The van der Waals surface area contributed by atoms with Crippen LogP contribution in [0.25, 0.3) is 10.1 Å². The second-order valence-electron chi connectivity index (χ2n) is 2.52. The quantitative estimate of drug-likeness (QED) is 0.532. The number of hydrogen-bond acceptors (Lipinski definition) is 2. The number of hydrogen-bond donors (Lipinski definition) is 0. The highest BCUT2D eigenvalue weighted by Gasteiger charge is 2.08. The molecule has 0 bridgehead atoms. The first-order valence-corrected chi connectivity index (χ1v) is 5.71. The highest BCUT2D eigenvalue weighted by atomic mass is 127. The van der Waals surface area contributed by atoms with Gasteiger partial charge in [0.1, 0.15) is 5.15 Å². The van der Waals surface area contributed by atoms with Crippen LogP contribution in [-0.4, -0.2) is 4.98 Å². The van der Waals surface area contributed by atoms with Gasteiger partial charge in [0, 0.05) is 15.2 Å². The molecule has 0 radical (unpaired) electrons. The minimum absolute atomic E-state index is 0.615. The maximum absolute atomic E-state index is 5.97. The van der Waals surface area contributed by atoms with Crippen molar-refractivity contribution in [1.82, 2.24) is 4.98 Å². The van der Waals surface area contributed by atoms with Crippen LogP contribution in [0.5, 0.6) is 0 Å². The molecule has 62 valence electrons. The Bertz CT molecular complexity index is 438. The topological polar surface area (TPSA) is 12.9 Å². The summed E-state index contributed by atoms with van der Waals surface area (Å²) < 4.78 is 2.42. The van der Waals surface area contributed by atoms with Gasteiger partial charge in [-0.3, -0.25) is 0 Å². The van der Waals surface area contributed by atoms with Crippen LogP contribution in [0.4, 0.5) is 0 Å². The number of pyridine rings is 1. The fraction of sp³-hybridized carbons (Fsp3) is 0.125. The zero-order valence-electron chi connectivity index (χ0n) is 6.27. The number of fused-ring (bicyclic) bond motifs is 1. The summed E-state index contributed by atoms with van der Waals surface area (Å²) in [5, 5.41) is 3.83. The van der Waals surface area contributed by atoms with Gasteiger partial charge in [0.15, 0.2) is 0 Å². The maximum Gasteiger partial charge on any atom is 0.138 e. The molecular formula is C8H5ClINS. The van der Waals surface area contributed by atoms with Crippen molar-refractivity contribution in [3.05, 3.63) is 25.9 Å². The van der Waals surface area contributed by atoms with Crippen molar-refractivity contribution in [3.63, 3.8) is 0 Å². The lowest BCUT2D eigenvalue weighted by molar-refractivity contribution is 1.34. The van der Waals surface area contributed by atoms with Crippen molar-refractivity contribution < 1.29 is 0 Å². The van der Waals surface area contributed by atoms with Crippen LogP contribution in [0.15, 0.2) is 11.6 Å². The van der Waals surface area contributed by atoms with Crippen molar-refractivity contribution >= 4 is 55.6 Å². The van der Waals surface area contributed by atoms with Gasteiger partial charge in [-0.05, 0) is 40.5 Å². The first-order chi connectivity index (χ1) is 5.70. The minimum Gasteiger partial charge on any atom is -0.243 e. The smallest absolute Gasteiger partial charge is 0.138 e. The van der Waals surface area contributed by atoms with Crippen LogP contribution in [0.3, 0.4) is 0 Å². The second kappa shape index (κ2) is 3.12. The van der Waals surface area contributed by atoms with E-state index in [-0.39, 0.29) is 0 Å². The first kappa shape index (κ1) is 8.72. The van der Waals surface area contributed by atoms with Crippen molar-refractivity contribution in [2.45, 2.75) is 6.92 Å². The van der Waals surface area contributed by atoms with Crippen molar-refractivity contribution in [2.24, 2.45) is 0 Å². The predicted molar refractivity (Wildman–Crippen MR) is 62.1 cm³/mol. The molecule has 0 aliphatic carbocycles. The molecular weight excluding hydrogens is 305 g/mol. The standard InChI is InChI=1S/C8H5ClINS/c1-4-3-12-7-5(10)2-11-8(9)6(4)7/h2-3H,1H3. The van der Waals surface area contributed by atoms with E-state index in [1.54, 1.807) is 17.5 Å². The Morgan fingerprint density at radius 2 is 2.33 bits per heavy atom. The molecule has 4 heteroatoms. The van der Waals surface area contributed by atoms with Crippen LogP contribution in [0, 0.1) is 10.5 Å². The molecule has 0 fully saturated rings. The summed E-state index contributed by atoms with van der Waals surface area (Å²) in [6, 6.07) is 0. The molecule has 0 saturated carbocycles. The van der Waals surface area contributed by atoms with Gasteiger partial charge in [-0.15, -0.1) is 11.3 Å². The number of thiophene rings is 1. The van der Waals surface area contributed by atoms with Gasteiger partial charge in [0.2, 0.25) is 0 Å². The summed E-state index contributed by atoms with van der Waals surface area (Å²) in [6.07, 6.45) is 1.81. The van der Waals surface area contributed by atoms with Crippen LogP contribution in [-0.2, 0) is 0 Å². The molecule has 0 saturated heterocycles. The third-order valence-corrected chi connectivity index (χ3v) is 4.29. The molecule has 2 heterocycles. The van der Waals surface area contributed by atoms with E-state index in [9.17, 15) is 0 Å². The monoisotopic (exact) mass is 309 g/mol. The number of nitrogens with zero attached hydrogens (tertiary/aromatic N) is 1. The van der Waals surface area contributed by atoms with E-state index in [0.29, 0.717) is 5.15 Å². The lowest BCUT2D eigenvalue weighted by Crippen LogP contribution is -1.79. The fourth-order valence-corrected chi connectivity index (χ4v) is 3.20.